The molecular weight excluding hydrogens is 220 g/mol. The van der Waals surface area contributed by atoms with Crippen LogP contribution < -0.4 is 0 Å². The van der Waals surface area contributed by atoms with Gasteiger partial charge >= 0.3 is 0 Å². The molecular formula is C11H12N4O2. The second-order valence-electron chi connectivity index (χ2n) is 4.06. The van der Waals surface area contributed by atoms with Gasteiger partial charge in [0.25, 0.3) is 5.91 Å². The van der Waals surface area contributed by atoms with Gasteiger partial charge in [-0.3, -0.25) is 4.79 Å². The molecule has 0 aliphatic carbocycles. The van der Waals surface area contributed by atoms with E-state index in [0.717, 1.165) is 13.0 Å². The van der Waals surface area contributed by atoms with Crippen LogP contribution in [0.25, 0.3) is 0 Å². The van der Waals surface area contributed by atoms with E-state index in [1.165, 1.54) is 12.5 Å². The van der Waals surface area contributed by atoms with E-state index in [-0.39, 0.29) is 11.9 Å². The zero-order chi connectivity index (χ0) is 11.7. The molecule has 1 saturated heterocycles. The lowest BCUT2D eigenvalue weighted by Gasteiger charge is -2.14. The maximum absolute atomic E-state index is 12.0. The number of aromatic nitrogens is 3. The van der Waals surface area contributed by atoms with Crippen LogP contribution in [0.5, 0.6) is 0 Å². The molecule has 2 aromatic heterocycles. The van der Waals surface area contributed by atoms with E-state index in [1.807, 2.05) is 0 Å². The first-order valence-corrected chi connectivity index (χ1v) is 5.52. The molecule has 0 aromatic carbocycles. The lowest BCUT2D eigenvalue weighted by Crippen LogP contribution is -2.29. The summed E-state index contributed by atoms with van der Waals surface area (Å²) in [5.74, 6) is 0.00778. The third kappa shape index (κ3) is 1.82. The Morgan fingerprint density at radius 2 is 2.24 bits per heavy atom. The monoisotopic (exact) mass is 232 g/mol. The fourth-order valence-corrected chi connectivity index (χ4v) is 2.10. The first-order chi connectivity index (χ1) is 8.34. The standard InChI is InChI=1S/C11H12N4O2/c16-11(9-2-6-17-8-9)14-5-1-10(7-14)15-12-3-4-13-15/h2-4,6,8,10H,1,5,7H2. The van der Waals surface area contributed by atoms with Gasteiger partial charge in [-0.05, 0) is 12.5 Å². The Bertz CT molecular complexity index is 492. The number of nitrogens with zero attached hydrogens (tertiary/aromatic N) is 4. The number of hydrogen-bond donors (Lipinski definition) is 0. The van der Waals surface area contributed by atoms with Gasteiger partial charge in [-0.15, -0.1) is 0 Å². The highest BCUT2D eigenvalue weighted by Gasteiger charge is 2.29. The molecule has 0 N–H and O–H groups in total. The summed E-state index contributed by atoms with van der Waals surface area (Å²) < 4.78 is 4.92. The van der Waals surface area contributed by atoms with Crippen molar-refractivity contribution in [2.75, 3.05) is 13.1 Å². The fraction of sp³-hybridized carbons (Fsp3) is 0.364. The zero-order valence-corrected chi connectivity index (χ0v) is 9.19. The van der Waals surface area contributed by atoms with E-state index in [1.54, 1.807) is 28.2 Å². The molecule has 0 spiro atoms. The summed E-state index contributed by atoms with van der Waals surface area (Å²) in [4.78, 5) is 15.5. The van der Waals surface area contributed by atoms with Crippen LogP contribution in [0.2, 0.25) is 0 Å². The van der Waals surface area contributed by atoms with Crippen molar-refractivity contribution in [3.8, 4) is 0 Å². The average Bonchev–Trinajstić information content (AvgIpc) is 3.09. The summed E-state index contributed by atoms with van der Waals surface area (Å²) in [5, 5.41) is 8.21. The van der Waals surface area contributed by atoms with Crippen molar-refractivity contribution in [1.82, 2.24) is 19.9 Å². The minimum atomic E-state index is 0.00778. The Kier molecular flexibility index (Phi) is 2.40. The summed E-state index contributed by atoms with van der Waals surface area (Å²) >= 11 is 0. The number of rotatable bonds is 2. The van der Waals surface area contributed by atoms with Crippen LogP contribution in [-0.4, -0.2) is 38.9 Å². The van der Waals surface area contributed by atoms with Gasteiger partial charge in [0.05, 0.1) is 30.3 Å². The number of carbonyl (C=O) groups excluding carboxylic acids is 1. The first-order valence-electron chi connectivity index (χ1n) is 5.52. The van der Waals surface area contributed by atoms with Gasteiger partial charge < -0.3 is 9.32 Å². The van der Waals surface area contributed by atoms with E-state index in [2.05, 4.69) is 10.2 Å². The highest BCUT2D eigenvalue weighted by atomic mass is 16.3. The second-order valence-corrected chi connectivity index (χ2v) is 4.06. The van der Waals surface area contributed by atoms with Crippen molar-refractivity contribution >= 4 is 5.91 Å². The topological polar surface area (TPSA) is 64.2 Å². The fourth-order valence-electron chi connectivity index (χ4n) is 2.10. The number of amides is 1. The lowest BCUT2D eigenvalue weighted by molar-refractivity contribution is 0.0785. The minimum Gasteiger partial charge on any atom is -0.472 e. The molecule has 6 heteroatoms. The van der Waals surface area contributed by atoms with Crippen LogP contribution in [0.3, 0.4) is 0 Å². The molecule has 2 aromatic rings. The van der Waals surface area contributed by atoms with Crippen molar-refractivity contribution < 1.29 is 9.21 Å². The van der Waals surface area contributed by atoms with Gasteiger partial charge in [-0.1, -0.05) is 0 Å². The van der Waals surface area contributed by atoms with Crippen LogP contribution in [0.15, 0.2) is 35.4 Å². The molecule has 3 heterocycles. The van der Waals surface area contributed by atoms with Crippen LogP contribution in [-0.2, 0) is 0 Å². The summed E-state index contributed by atoms with van der Waals surface area (Å²) in [6.45, 7) is 1.38. The molecule has 88 valence electrons. The van der Waals surface area contributed by atoms with Crippen LogP contribution in [0, 0.1) is 0 Å². The summed E-state index contributed by atoms with van der Waals surface area (Å²) in [6.07, 6.45) is 7.18. The van der Waals surface area contributed by atoms with E-state index < -0.39 is 0 Å². The summed E-state index contributed by atoms with van der Waals surface area (Å²) in [7, 11) is 0. The van der Waals surface area contributed by atoms with Crippen molar-refractivity contribution in [3.63, 3.8) is 0 Å². The predicted octanol–water partition coefficient (Wildman–Crippen LogP) is 0.958. The Labute approximate surface area is 97.8 Å². The van der Waals surface area contributed by atoms with E-state index >= 15 is 0 Å². The number of likely N-dealkylation sites (tertiary alicyclic amines) is 1. The zero-order valence-electron chi connectivity index (χ0n) is 9.19. The predicted molar refractivity (Wildman–Crippen MR) is 58.3 cm³/mol. The first kappa shape index (κ1) is 10.1. The molecule has 1 aliphatic heterocycles. The third-order valence-corrected chi connectivity index (χ3v) is 2.98. The van der Waals surface area contributed by atoms with Crippen molar-refractivity contribution in [1.29, 1.82) is 0 Å². The Morgan fingerprint density at radius 3 is 2.94 bits per heavy atom. The van der Waals surface area contributed by atoms with E-state index in [9.17, 15) is 4.79 Å². The van der Waals surface area contributed by atoms with Gasteiger partial charge in [-0.25, -0.2) is 0 Å². The number of hydrogen-bond acceptors (Lipinski definition) is 4. The Balaban J connectivity index is 1.70. The maximum Gasteiger partial charge on any atom is 0.257 e. The molecule has 1 fully saturated rings. The van der Waals surface area contributed by atoms with Gasteiger partial charge in [0.15, 0.2) is 0 Å². The van der Waals surface area contributed by atoms with Gasteiger partial charge in [0.1, 0.15) is 6.26 Å². The van der Waals surface area contributed by atoms with E-state index in [4.69, 9.17) is 4.42 Å². The number of furan rings is 1. The molecule has 1 amide bonds. The third-order valence-electron chi connectivity index (χ3n) is 2.98. The summed E-state index contributed by atoms with van der Waals surface area (Å²) in [5.41, 5.74) is 0.596. The quantitative estimate of drug-likeness (QED) is 0.773. The molecule has 1 atom stereocenters. The maximum atomic E-state index is 12.0. The second kappa shape index (κ2) is 4.04. The van der Waals surface area contributed by atoms with Crippen molar-refractivity contribution in [2.24, 2.45) is 0 Å². The molecule has 0 bridgehead atoms. The summed E-state index contributed by atoms with van der Waals surface area (Å²) in [6, 6.07) is 1.86. The average molecular weight is 232 g/mol. The molecule has 6 nitrogen and oxygen atoms in total. The van der Waals surface area contributed by atoms with Crippen LogP contribution >= 0.6 is 0 Å². The van der Waals surface area contributed by atoms with Crippen molar-refractivity contribution in [3.05, 3.63) is 36.5 Å². The van der Waals surface area contributed by atoms with Gasteiger partial charge in [0.2, 0.25) is 0 Å². The van der Waals surface area contributed by atoms with E-state index in [0.29, 0.717) is 12.1 Å². The van der Waals surface area contributed by atoms with Crippen LogP contribution in [0.4, 0.5) is 0 Å². The van der Waals surface area contributed by atoms with Gasteiger partial charge in [-0.2, -0.15) is 15.0 Å². The molecule has 17 heavy (non-hydrogen) atoms. The highest BCUT2D eigenvalue weighted by Crippen LogP contribution is 2.21. The minimum absolute atomic E-state index is 0.00778. The number of carbonyl (C=O) groups is 1. The molecule has 1 unspecified atom stereocenters. The molecule has 0 radical (unpaired) electrons. The highest BCUT2D eigenvalue weighted by molar-refractivity contribution is 5.94. The smallest absolute Gasteiger partial charge is 0.257 e. The Morgan fingerprint density at radius 1 is 1.41 bits per heavy atom. The largest absolute Gasteiger partial charge is 0.472 e. The lowest BCUT2D eigenvalue weighted by atomic mass is 10.3. The molecule has 1 aliphatic rings. The molecule has 3 rings (SSSR count). The normalized spacial score (nSPS) is 19.8. The van der Waals surface area contributed by atoms with Crippen molar-refractivity contribution in [2.45, 2.75) is 12.5 Å². The van der Waals surface area contributed by atoms with Gasteiger partial charge in [0, 0.05) is 13.1 Å². The SMILES string of the molecule is O=C(c1ccoc1)N1CCC(n2nccn2)C1. The molecule has 0 saturated carbocycles. The van der Waals surface area contributed by atoms with Crippen LogP contribution in [0.1, 0.15) is 22.8 Å². The Hall–Kier alpha value is -2.11.